The zero-order valence-corrected chi connectivity index (χ0v) is 11.9. The van der Waals surface area contributed by atoms with Gasteiger partial charge in [-0.05, 0) is 33.6 Å². The van der Waals surface area contributed by atoms with Crippen LogP contribution in [0.25, 0.3) is 0 Å². The molecule has 1 aromatic carbocycles. The second kappa shape index (κ2) is 6.92. The van der Waals surface area contributed by atoms with Gasteiger partial charge in [0.05, 0.1) is 18.0 Å². The first-order valence-electron chi connectivity index (χ1n) is 5.40. The molecule has 0 aliphatic heterocycles. The van der Waals surface area contributed by atoms with Crippen molar-refractivity contribution >= 4 is 21.9 Å². The fourth-order valence-electron chi connectivity index (χ4n) is 1.25. The third kappa shape index (κ3) is 4.66. The Morgan fingerprint density at radius 1 is 1.40 bits per heavy atom. The summed E-state index contributed by atoms with van der Waals surface area (Å²) in [6.45, 7) is -1.43. The second-order valence-electron chi connectivity index (χ2n) is 3.87. The number of hydrogen-bond donors (Lipinski definition) is 0. The lowest BCUT2D eigenvalue weighted by molar-refractivity contribution is -0.148. The Labute approximate surface area is 121 Å². The minimum Gasteiger partial charge on any atom is -0.486 e. The van der Waals surface area contributed by atoms with Crippen molar-refractivity contribution in [1.29, 1.82) is 0 Å². The maximum absolute atomic E-state index is 12.7. The minimum absolute atomic E-state index is 0.00255. The summed E-state index contributed by atoms with van der Waals surface area (Å²) >= 11 is 3.05. The molecule has 112 valence electrons. The third-order valence-corrected chi connectivity index (χ3v) is 2.93. The van der Waals surface area contributed by atoms with Gasteiger partial charge >= 0.3 is 18.3 Å². The maximum atomic E-state index is 12.7. The zero-order chi connectivity index (χ0) is 15.3. The lowest BCUT2D eigenvalue weighted by Crippen LogP contribution is -2.33. The summed E-state index contributed by atoms with van der Waals surface area (Å²) in [7, 11) is 1.24. The first kappa shape index (κ1) is 16.7. The lowest BCUT2D eigenvalue weighted by atomic mass is 10.1. The number of hydrogen-bond acceptors (Lipinski definition) is 3. The molecule has 0 spiro atoms. The molecule has 0 aliphatic carbocycles. The Hall–Kier alpha value is -1.31. The van der Waals surface area contributed by atoms with E-state index in [1.807, 2.05) is 0 Å². The van der Waals surface area contributed by atoms with E-state index in [2.05, 4.69) is 25.4 Å². The fourth-order valence-corrected chi connectivity index (χ4v) is 1.79. The van der Waals surface area contributed by atoms with E-state index in [9.17, 15) is 22.4 Å². The van der Waals surface area contributed by atoms with Gasteiger partial charge in [-0.25, -0.2) is 8.78 Å². The second-order valence-corrected chi connectivity index (χ2v) is 4.72. The van der Waals surface area contributed by atoms with E-state index in [1.54, 1.807) is 0 Å². The van der Waals surface area contributed by atoms with E-state index in [1.165, 1.54) is 25.3 Å². The van der Waals surface area contributed by atoms with Crippen LogP contribution in [0.3, 0.4) is 0 Å². The molecule has 0 amide bonds. The highest BCUT2D eigenvalue weighted by Crippen LogP contribution is 2.29. The van der Waals surface area contributed by atoms with Crippen LogP contribution in [0.2, 0.25) is 0 Å². The van der Waals surface area contributed by atoms with Gasteiger partial charge in [-0.15, -0.1) is 0 Å². The number of ether oxygens (including phenoxy) is 2. The van der Waals surface area contributed by atoms with Crippen molar-refractivity contribution in [3.05, 3.63) is 28.2 Å². The standard InChI is InChI=1S/C12H11BrF4O3/c1-19-10(18)5-7-2-3-9(8(13)4-7)20-6-12(16,17)11(14)15/h2-4,11H,5-6H2,1H3. The van der Waals surface area contributed by atoms with Crippen LogP contribution in [0.1, 0.15) is 5.56 Å². The van der Waals surface area contributed by atoms with Crippen LogP contribution < -0.4 is 4.74 Å². The molecule has 0 radical (unpaired) electrons. The highest BCUT2D eigenvalue weighted by molar-refractivity contribution is 9.10. The van der Waals surface area contributed by atoms with Gasteiger partial charge in [0.15, 0.2) is 6.61 Å². The average molecular weight is 359 g/mol. The van der Waals surface area contributed by atoms with E-state index in [0.717, 1.165) is 0 Å². The van der Waals surface area contributed by atoms with Crippen molar-refractivity contribution in [2.45, 2.75) is 18.8 Å². The normalized spacial score (nSPS) is 11.6. The van der Waals surface area contributed by atoms with Crippen LogP contribution in [0.15, 0.2) is 22.7 Å². The Balaban J connectivity index is 2.71. The number of carbonyl (C=O) groups excluding carboxylic acids is 1. The largest absolute Gasteiger partial charge is 0.486 e. The zero-order valence-electron chi connectivity index (χ0n) is 10.3. The van der Waals surface area contributed by atoms with Gasteiger partial charge < -0.3 is 9.47 Å². The molecule has 8 heteroatoms. The van der Waals surface area contributed by atoms with Crippen molar-refractivity contribution < 1.29 is 31.8 Å². The smallest absolute Gasteiger partial charge is 0.340 e. The SMILES string of the molecule is COC(=O)Cc1ccc(OCC(F)(F)C(F)F)c(Br)c1. The summed E-state index contributed by atoms with van der Waals surface area (Å²) in [6.07, 6.45) is -3.79. The van der Waals surface area contributed by atoms with E-state index in [4.69, 9.17) is 0 Å². The molecule has 0 saturated carbocycles. The predicted octanol–water partition coefficient (Wildman–Crippen LogP) is 3.44. The van der Waals surface area contributed by atoms with Crippen molar-refractivity contribution in [1.82, 2.24) is 0 Å². The molecule has 0 N–H and O–H groups in total. The van der Waals surface area contributed by atoms with Gasteiger partial charge in [-0.3, -0.25) is 4.79 Å². The number of esters is 1. The van der Waals surface area contributed by atoms with Crippen LogP contribution in [-0.2, 0) is 16.0 Å². The molecular formula is C12H11BrF4O3. The molecule has 0 aliphatic rings. The maximum Gasteiger partial charge on any atom is 0.340 e. The van der Waals surface area contributed by atoms with Gasteiger partial charge in [-0.1, -0.05) is 6.07 Å². The predicted molar refractivity (Wildman–Crippen MR) is 66.3 cm³/mol. The molecule has 20 heavy (non-hydrogen) atoms. The Morgan fingerprint density at radius 3 is 2.55 bits per heavy atom. The molecule has 0 unspecified atom stereocenters. The Bertz CT molecular complexity index is 480. The van der Waals surface area contributed by atoms with Crippen molar-refractivity contribution in [3.63, 3.8) is 0 Å². The first-order chi connectivity index (χ1) is 9.26. The van der Waals surface area contributed by atoms with Gasteiger partial charge in [0, 0.05) is 0 Å². The molecule has 0 fully saturated rings. The Morgan fingerprint density at radius 2 is 2.05 bits per heavy atom. The van der Waals surface area contributed by atoms with Gasteiger partial charge in [-0.2, -0.15) is 8.78 Å². The molecule has 0 bridgehead atoms. The third-order valence-electron chi connectivity index (χ3n) is 2.31. The van der Waals surface area contributed by atoms with Crippen molar-refractivity contribution in [3.8, 4) is 5.75 Å². The van der Waals surface area contributed by atoms with E-state index in [-0.39, 0.29) is 16.6 Å². The highest BCUT2D eigenvalue weighted by atomic mass is 79.9. The molecular weight excluding hydrogens is 348 g/mol. The molecule has 0 aromatic heterocycles. The quantitative estimate of drug-likeness (QED) is 0.577. The summed E-state index contributed by atoms with van der Waals surface area (Å²) in [5, 5.41) is 0. The fraction of sp³-hybridized carbons (Fsp3) is 0.417. The van der Waals surface area contributed by atoms with Gasteiger partial charge in [0.2, 0.25) is 0 Å². The highest BCUT2D eigenvalue weighted by Gasteiger charge is 2.41. The van der Waals surface area contributed by atoms with Crippen molar-refractivity contribution in [2.24, 2.45) is 0 Å². The number of benzene rings is 1. The Kier molecular flexibility index (Phi) is 5.79. The number of rotatable bonds is 6. The summed E-state index contributed by atoms with van der Waals surface area (Å²) in [5.74, 6) is -4.70. The van der Waals surface area contributed by atoms with E-state index >= 15 is 0 Å². The van der Waals surface area contributed by atoms with Crippen LogP contribution in [-0.4, -0.2) is 32.0 Å². The van der Waals surface area contributed by atoms with E-state index in [0.29, 0.717) is 5.56 Å². The number of halogens is 5. The first-order valence-corrected chi connectivity index (χ1v) is 6.19. The minimum atomic E-state index is -4.22. The number of alkyl halides is 4. The van der Waals surface area contributed by atoms with Crippen molar-refractivity contribution in [2.75, 3.05) is 13.7 Å². The average Bonchev–Trinajstić information content (AvgIpc) is 2.37. The molecule has 1 rings (SSSR count). The van der Waals surface area contributed by atoms with E-state index < -0.39 is 24.9 Å². The lowest BCUT2D eigenvalue weighted by Gasteiger charge is -2.16. The van der Waals surface area contributed by atoms with Crippen LogP contribution in [0, 0.1) is 0 Å². The summed E-state index contributed by atoms with van der Waals surface area (Å²) in [5.41, 5.74) is 0.566. The van der Waals surface area contributed by atoms with Crippen LogP contribution in [0.5, 0.6) is 5.75 Å². The summed E-state index contributed by atoms with van der Waals surface area (Å²) in [4.78, 5) is 11.1. The summed E-state index contributed by atoms with van der Waals surface area (Å²) in [6, 6.07) is 4.23. The number of carbonyl (C=O) groups is 1. The van der Waals surface area contributed by atoms with Gasteiger partial charge in [0.25, 0.3) is 0 Å². The molecule has 0 heterocycles. The molecule has 1 aromatic rings. The molecule has 0 saturated heterocycles. The molecule has 3 nitrogen and oxygen atoms in total. The summed E-state index contributed by atoms with van der Waals surface area (Å²) < 4.78 is 58.8. The monoisotopic (exact) mass is 358 g/mol. The molecule has 0 atom stereocenters. The topological polar surface area (TPSA) is 35.5 Å². The van der Waals surface area contributed by atoms with Crippen LogP contribution >= 0.6 is 15.9 Å². The van der Waals surface area contributed by atoms with Gasteiger partial charge in [0.1, 0.15) is 5.75 Å². The number of methoxy groups -OCH3 is 1. The van der Waals surface area contributed by atoms with Crippen LogP contribution in [0.4, 0.5) is 17.6 Å².